The molecule has 4 rings (SSSR count). The first-order valence-electron chi connectivity index (χ1n) is 7.74. The average Bonchev–Trinajstić information content (AvgIpc) is 2.97. The van der Waals surface area contributed by atoms with E-state index in [1.54, 1.807) is 18.2 Å². The number of imidazole rings is 1. The van der Waals surface area contributed by atoms with Crippen LogP contribution in [0.2, 0.25) is 0 Å². The summed E-state index contributed by atoms with van der Waals surface area (Å²) < 4.78 is 29.4. The molecule has 0 aliphatic rings. The number of halogens is 2. The number of aromatic nitrogens is 3. The summed E-state index contributed by atoms with van der Waals surface area (Å²) in [5.41, 5.74) is 3.13. The van der Waals surface area contributed by atoms with Crippen LogP contribution in [0.4, 0.5) is 20.3 Å². The van der Waals surface area contributed by atoms with E-state index in [0.717, 1.165) is 11.9 Å². The first-order chi connectivity index (χ1) is 12.1. The lowest BCUT2D eigenvalue weighted by Crippen LogP contribution is -2.00. The Kier molecular flexibility index (Phi) is 3.65. The van der Waals surface area contributed by atoms with Gasteiger partial charge < -0.3 is 5.32 Å². The molecule has 0 saturated carbocycles. The second-order valence-corrected chi connectivity index (χ2v) is 5.66. The van der Waals surface area contributed by atoms with E-state index < -0.39 is 5.82 Å². The maximum atomic E-state index is 14.3. The second kappa shape index (κ2) is 5.98. The summed E-state index contributed by atoms with van der Waals surface area (Å²) in [5, 5.41) is 3.24. The standard InChI is InChI=1S/C19H14F2N4/c1-12-3-2-4-17-24-18(15-9-10-22-11-16(15)21)19(25(12)17)23-14-7-5-13(20)6-8-14/h2-11,23H,1H3. The molecule has 124 valence electrons. The molecule has 0 aliphatic carbocycles. The fraction of sp³-hybridized carbons (Fsp3) is 0.0526. The van der Waals surface area contributed by atoms with Crippen molar-refractivity contribution in [3.05, 3.63) is 78.3 Å². The number of rotatable bonds is 3. The van der Waals surface area contributed by atoms with Crippen molar-refractivity contribution >= 4 is 17.2 Å². The minimum Gasteiger partial charge on any atom is -0.339 e. The number of nitrogens with zero attached hydrogens (tertiary/aromatic N) is 3. The maximum absolute atomic E-state index is 14.3. The van der Waals surface area contributed by atoms with E-state index in [1.807, 2.05) is 29.5 Å². The number of anilines is 2. The van der Waals surface area contributed by atoms with Crippen LogP contribution in [-0.4, -0.2) is 14.4 Å². The Labute approximate surface area is 142 Å². The number of pyridine rings is 2. The van der Waals surface area contributed by atoms with Crippen LogP contribution in [-0.2, 0) is 0 Å². The number of hydrogen-bond donors (Lipinski definition) is 1. The largest absolute Gasteiger partial charge is 0.339 e. The number of benzene rings is 1. The van der Waals surface area contributed by atoms with Crippen LogP contribution < -0.4 is 5.32 Å². The van der Waals surface area contributed by atoms with Gasteiger partial charge in [0.25, 0.3) is 0 Å². The van der Waals surface area contributed by atoms with Crippen LogP contribution in [0.3, 0.4) is 0 Å². The van der Waals surface area contributed by atoms with E-state index in [-0.39, 0.29) is 5.82 Å². The van der Waals surface area contributed by atoms with Crippen molar-refractivity contribution in [3.63, 3.8) is 0 Å². The third kappa shape index (κ3) is 2.71. The Morgan fingerprint density at radius 1 is 1.00 bits per heavy atom. The molecule has 0 amide bonds. The third-order valence-corrected chi connectivity index (χ3v) is 3.97. The summed E-state index contributed by atoms with van der Waals surface area (Å²) >= 11 is 0. The lowest BCUT2D eigenvalue weighted by atomic mass is 10.2. The Balaban J connectivity index is 1.95. The zero-order valence-electron chi connectivity index (χ0n) is 13.4. The monoisotopic (exact) mass is 336 g/mol. The van der Waals surface area contributed by atoms with Crippen LogP contribution in [0.1, 0.15) is 5.69 Å². The van der Waals surface area contributed by atoms with Crippen molar-refractivity contribution < 1.29 is 8.78 Å². The molecular weight excluding hydrogens is 322 g/mol. The SMILES string of the molecule is Cc1cccc2nc(-c3ccncc3F)c(Nc3ccc(F)cc3)n12. The summed E-state index contributed by atoms with van der Waals surface area (Å²) in [6.07, 6.45) is 2.69. The van der Waals surface area contributed by atoms with E-state index >= 15 is 0 Å². The first-order valence-corrected chi connectivity index (χ1v) is 7.74. The van der Waals surface area contributed by atoms with Crippen molar-refractivity contribution in [3.8, 4) is 11.3 Å². The second-order valence-electron chi connectivity index (χ2n) is 5.66. The maximum Gasteiger partial charge on any atom is 0.151 e. The van der Waals surface area contributed by atoms with Crippen molar-refractivity contribution in [2.45, 2.75) is 6.92 Å². The van der Waals surface area contributed by atoms with Gasteiger partial charge in [0.15, 0.2) is 5.82 Å². The van der Waals surface area contributed by atoms with Crippen LogP contribution in [0.5, 0.6) is 0 Å². The lowest BCUT2D eigenvalue weighted by molar-refractivity contribution is 0.624. The van der Waals surface area contributed by atoms with Crippen molar-refractivity contribution in [2.24, 2.45) is 0 Å². The highest BCUT2D eigenvalue weighted by molar-refractivity contribution is 5.80. The van der Waals surface area contributed by atoms with E-state index in [2.05, 4.69) is 15.3 Å². The Morgan fingerprint density at radius 3 is 2.56 bits per heavy atom. The van der Waals surface area contributed by atoms with E-state index in [0.29, 0.717) is 28.4 Å². The number of hydrogen-bond acceptors (Lipinski definition) is 3. The molecule has 0 spiro atoms. The molecule has 3 aromatic heterocycles. The molecular formula is C19H14F2N4. The Morgan fingerprint density at radius 2 is 1.80 bits per heavy atom. The molecule has 0 saturated heterocycles. The molecule has 25 heavy (non-hydrogen) atoms. The highest BCUT2D eigenvalue weighted by Crippen LogP contribution is 2.33. The van der Waals surface area contributed by atoms with Gasteiger partial charge >= 0.3 is 0 Å². The zero-order chi connectivity index (χ0) is 17.4. The van der Waals surface area contributed by atoms with Gasteiger partial charge in [-0.25, -0.2) is 13.8 Å². The topological polar surface area (TPSA) is 42.2 Å². The molecule has 0 bridgehead atoms. The minimum absolute atomic E-state index is 0.319. The van der Waals surface area contributed by atoms with Gasteiger partial charge in [0.2, 0.25) is 0 Å². The molecule has 0 atom stereocenters. The summed E-state index contributed by atoms with van der Waals surface area (Å²) in [7, 11) is 0. The van der Waals surface area contributed by atoms with E-state index in [4.69, 9.17) is 0 Å². The molecule has 1 aromatic carbocycles. The fourth-order valence-corrected chi connectivity index (χ4v) is 2.79. The molecule has 0 fully saturated rings. The highest BCUT2D eigenvalue weighted by atomic mass is 19.1. The van der Waals surface area contributed by atoms with Gasteiger partial charge in [-0.05, 0) is 49.4 Å². The molecule has 4 nitrogen and oxygen atoms in total. The van der Waals surface area contributed by atoms with Crippen molar-refractivity contribution in [1.29, 1.82) is 0 Å². The lowest BCUT2D eigenvalue weighted by Gasteiger charge is -2.11. The van der Waals surface area contributed by atoms with Gasteiger partial charge in [0.1, 0.15) is 23.0 Å². The summed E-state index contributed by atoms with van der Waals surface area (Å²) in [5.74, 6) is -0.157. The third-order valence-electron chi connectivity index (χ3n) is 3.97. The molecule has 0 aliphatic heterocycles. The molecule has 0 radical (unpaired) electrons. The van der Waals surface area contributed by atoms with Gasteiger partial charge in [-0.15, -0.1) is 0 Å². The summed E-state index contributed by atoms with van der Waals surface area (Å²) in [6, 6.07) is 13.3. The van der Waals surface area contributed by atoms with Crippen LogP contribution in [0.15, 0.2) is 60.9 Å². The molecule has 0 unspecified atom stereocenters. The fourth-order valence-electron chi connectivity index (χ4n) is 2.79. The van der Waals surface area contributed by atoms with Gasteiger partial charge in [-0.3, -0.25) is 9.38 Å². The number of nitrogens with one attached hydrogen (secondary N) is 1. The van der Waals surface area contributed by atoms with E-state index in [1.165, 1.54) is 18.3 Å². The number of aryl methyl sites for hydroxylation is 1. The molecule has 6 heteroatoms. The van der Waals surface area contributed by atoms with Crippen molar-refractivity contribution in [1.82, 2.24) is 14.4 Å². The normalized spacial score (nSPS) is 11.0. The zero-order valence-corrected chi connectivity index (χ0v) is 13.4. The summed E-state index contributed by atoms with van der Waals surface area (Å²) in [4.78, 5) is 8.37. The first kappa shape index (κ1) is 15.3. The number of fused-ring (bicyclic) bond motifs is 1. The predicted molar refractivity (Wildman–Crippen MR) is 92.8 cm³/mol. The molecule has 3 heterocycles. The van der Waals surface area contributed by atoms with Gasteiger partial charge in [-0.2, -0.15) is 0 Å². The Bertz CT molecular complexity index is 1050. The summed E-state index contributed by atoms with van der Waals surface area (Å²) in [6.45, 7) is 1.94. The van der Waals surface area contributed by atoms with Crippen LogP contribution in [0, 0.1) is 18.6 Å². The molecule has 4 aromatic rings. The quantitative estimate of drug-likeness (QED) is 0.588. The smallest absolute Gasteiger partial charge is 0.151 e. The van der Waals surface area contributed by atoms with Crippen molar-refractivity contribution in [2.75, 3.05) is 5.32 Å². The van der Waals surface area contributed by atoms with Gasteiger partial charge in [0, 0.05) is 23.1 Å². The average molecular weight is 336 g/mol. The van der Waals surface area contributed by atoms with E-state index in [9.17, 15) is 8.78 Å². The van der Waals surface area contributed by atoms with Crippen LogP contribution >= 0.6 is 0 Å². The highest BCUT2D eigenvalue weighted by Gasteiger charge is 2.18. The van der Waals surface area contributed by atoms with Gasteiger partial charge in [0.05, 0.1) is 6.20 Å². The van der Waals surface area contributed by atoms with Crippen LogP contribution in [0.25, 0.3) is 16.9 Å². The van der Waals surface area contributed by atoms with Gasteiger partial charge in [-0.1, -0.05) is 6.07 Å². The Hall–Kier alpha value is -3.28. The minimum atomic E-state index is -0.453. The predicted octanol–water partition coefficient (Wildman–Crippen LogP) is 4.73. The molecule has 1 N–H and O–H groups in total.